The Morgan fingerprint density at radius 1 is 1.00 bits per heavy atom. The minimum absolute atomic E-state index is 0.0974. The van der Waals surface area contributed by atoms with E-state index in [-0.39, 0.29) is 11.9 Å². The number of hydrogen-bond donors (Lipinski definition) is 1. The summed E-state index contributed by atoms with van der Waals surface area (Å²) < 4.78 is 14.5. The molecule has 0 aliphatic carbocycles. The first-order valence-electron chi connectivity index (χ1n) is 7.10. The van der Waals surface area contributed by atoms with E-state index in [9.17, 15) is 4.39 Å². The summed E-state index contributed by atoms with van der Waals surface area (Å²) in [5, 5.41) is 3.41. The molecule has 0 aliphatic rings. The van der Waals surface area contributed by atoms with Gasteiger partial charge in [-0.05, 0) is 44.0 Å². The lowest BCUT2D eigenvalue weighted by molar-refractivity contribution is 0.552. The molecule has 0 amide bonds. The van der Waals surface area contributed by atoms with Crippen LogP contribution in [0.15, 0.2) is 36.4 Å². The first-order chi connectivity index (χ1) is 9.54. The molecule has 0 spiro atoms. The van der Waals surface area contributed by atoms with E-state index in [2.05, 4.69) is 37.4 Å². The lowest BCUT2D eigenvalue weighted by Crippen LogP contribution is -2.24. The highest BCUT2D eigenvalue weighted by molar-refractivity contribution is 5.40. The standard InChI is InChI=1S/C18H22FN/c1-5-20-18(15-8-6-7-14(4)17(15)19)16-11-12(2)9-10-13(16)3/h6-11,18,20H,5H2,1-4H3. The van der Waals surface area contributed by atoms with E-state index in [1.807, 2.05) is 32.0 Å². The van der Waals surface area contributed by atoms with Crippen molar-refractivity contribution in [3.05, 3.63) is 70.0 Å². The van der Waals surface area contributed by atoms with Gasteiger partial charge in [-0.1, -0.05) is 48.9 Å². The van der Waals surface area contributed by atoms with Crippen molar-refractivity contribution < 1.29 is 4.39 Å². The van der Waals surface area contributed by atoms with E-state index in [1.54, 1.807) is 0 Å². The zero-order valence-electron chi connectivity index (χ0n) is 12.6. The summed E-state index contributed by atoms with van der Waals surface area (Å²) in [5.41, 5.74) is 4.94. The van der Waals surface area contributed by atoms with Crippen LogP contribution in [0.1, 0.15) is 40.8 Å². The minimum Gasteiger partial charge on any atom is -0.306 e. The van der Waals surface area contributed by atoms with Crippen LogP contribution in [0.4, 0.5) is 4.39 Å². The van der Waals surface area contributed by atoms with Crippen molar-refractivity contribution in [2.45, 2.75) is 33.7 Å². The van der Waals surface area contributed by atoms with Crippen molar-refractivity contribution in [1.29, 1.82) is 0 Å². The molecule has 2 rings (SSSR count). The van der Waals surface area contributed by atoms with Crippen molar-refractivity contribution >= 4 is 0 Å². The van der Waals surface area contributed by atoms with Crippen LogP contribution in [-0.2, 0) is 0 Å². The molecule has 1 N–H and O–H groups in total. The number of halogens is 1. The maximum Gasteiger partial charge on any atom is 0.131 e. The Balaban J connectivity index is 2.56. The molecule has 0 heterocycles. The Hall–Kier alpha value is -1.67. The van der Waals surface area contributed by atoms with Gasteiger partial charge in [-0.2, -0.15) is 0 Å². The van der Waals surface area contributed by atoms with Crippen LogP contribution >= 0.6 is 0 Å². The number of benzene rings is 2. The van der Waals surface area contributed by atoms with Gasteiger partial charge in [0, 0.05) is 5.56 Å². The normalized spacial score (nSPS) is 12.4. The van der Waals surface area contributed by atoms with Crippen LogP contribution in [0.5, 0.6) is 0 Å². The Bertz CT molecular complexity index is 602. The molecule has 2 aromatic rings. The molecule has 0 aliphatic heterocycles. The first kappa shape index (κ1) is 14.7. The van der Waals surface area contributed by atoms with Crippen LogP contribution in [0.3, 0.4) is 0 Å². The molecular weight excluding hydrogens is 249 g/mol. The van der Waals surface area contributed by atoms with Gasteiger partial charge in [-0.3, -0.25) is 0 Å². The molecule has 0 saturated carbocycles. The molecule has 0 radical (unpaired) electrons. The fraction of sp³-hybridized carbons (Fsp3) is 0.333. The molecule has 0 bridgehead atoms. The Kier molecular flexibility index (Phi) is 4.56. The van der Waals surface area contributed by atoms with Gasteiger partial charge in [-0.25, -0.2) is 4.39 Å². The summed E-state index contributed by atoms with van der Waals surface area (Å²) in [4.78, 5) is 0. The zero-order valence-corrected chi connectivity index (χ0v) is 12.6. The molecule has 0 saturated heterocycles. The minimum atomic E-state index is -0.112. The van der Waals surface area contributed by atoms with Crippen LogP contribution in [0.2, 0.25) is 0 Å². The van der Waals surface area contributed by atoms with Crippen LogP contribution in [0.25, 0.3) is 0 Å². The van der Waals surface area contributed by atoms with Gasteiger partial charge in [0.15, 0.2) is 0 Å². The summed E-state index contributed by atoms with van der Waals surface area (Å²) >= 11 is 0. The van der Waals surface area contributed by atoms with Gasteiger partial charge in [0.1, 0.15) is 5.82 Å². The third kappa shape index (κ3) is 2.91. The molecule has 0 aromatic heterocycles. The first-order valence-corrected chi connectivity index (χ1v) is 7.10. The predicted molar refractivity (Wildman–Crippen MR) is 82.6 cm³/mol. The third-order valence-corrected chi connectivity index (χ3v) is 3.69. The SMILES string of the molecule is CCNC(c1cc(C)ccc1C)c1cccc(C)c1F. The average Bonchev–Trinajstić information content (AvgIpc) is 2.43. The maximum atomic E-state index is 14.5. The molecule has 1 unspecified atom stereocenters. The Morgan fingerprint density at radius 3 is 2.45 bits per heavy atom. The molecule has 0 fully saturated rings. The summed E-state index contributed by atoms with van der Waals surface area (Å²) in [6.45, 7) is 8.80. The highest BCUT2D eigenvalue weighted by Gasteiger charge is 2.19. The lowest BCUT2D eigenvalue weighted by atomic mass is 9.92. The van der Waals surface area contributed by atoms with Gasteiger partial charge in [-0.15, -0.1) is 0 Å². The monoisotopic (exact) mass is 271 g/mol. The quantitative estimate of drug-likeness (QED) is 0.866. The van der Waals surface area contributed by atoms with Crippen molar-refractivity contribution in [3.8, 4) is 0 Å². The van der Waals surface area contributed by atoms with E-state index in [1.165, 1.54) is 11.1 Å². The van der Waals surface area contributed by atoms with E-state index in [0.717, 1.165) is 17.7 Å². The number of nitrogens with one attached hydrogen (secondary N) is 1. The predicted octanol–water partition coefficient (Wildman–Crippen LogP) is 4.45. The molecule has 20 heavy (non-hydrogen) atoms. The number of aryl methyl sites for hydroxylation is 3. The molecule has 2 heteroatoms. The third-order valence-electron chi connectivity index (χ3n) is 3.69. The second-order valence-corrected chi connectivity index (χ2v) is 5.33. The summed E-state index contributed by atoms with van der Waals surface area (Å²) in [7, 11) is 0. The molecule has 1 atom stereocenters. The zero-order chi connectivity index (χ0) is 14.7. The van der Waals surface area contributed by atoms with Gasteiger partial charge < -0.3 is 5.32 Å². The van der Waals surface area contributed by atoms with Gasteiger partial charge in [0.2, 0.25) is 0 Å². The van der Waals surface area contributed by atoms with Crippen LogP contribution in [-0.4, -0.2) is 6.54 Å². The van der Waals surface area contributed by atoms with Crippen molar-refractivity contribution in [1.82, 2.24) is 5.32 Å². The summed E-state index contributed by atoms with van der Waals surface area (Å²) in [6.07, 6.45) is 0. The second kappa shape index (κ2) is 6.19. The van der Waals surface area contributed by atoms with E-state index >= 15 is 0 Å². The van der Waals surface area contributed by atoms with Crippen molar-refractivity contribution in [2.24, 2.45) is 0 Å². The van der Waals surface area contributed by atoms with Gasteiger partial charge in [0.25, 0.3) is 0 Å². The Labute approximate surface area is 120 Å². The molecule has 2 aromatic carbocycles. The lowest BCUT2D eigenvalue weighted by Gasteiger charge is -2.22. The fourth-order valence-electron chi connectivity index (χ4n) is 2.56. The second-order valence-electron chi connectivity index (χ2n) is 5.33. The van der Waals surface area contributed by atoms with E-state index in [4.69, 9.17) is 0 Å². The van der Waals surface area contributed by atoms with Crippen LogP contribution < -0.4 is 5.32 Å². The van der Waals surface area contributed by atoms with E-state index < -0.39 is 0 Å². The smallest absolute Gasteiger partial charge is 0.131 e. The van der Waals surface area contributed by atoms with Crippen LogP contribution in [0, 0.1) is 26.6 Å². The Morgan fingerprint density at radius 2 is 1.75 bits per heavy atom. The van der Waals surface area contributed by atoms with E-state index in [0.29, 0.717) is 5.56 Å². The molecular formula is C18H22FN. The van der Waals surface area contributed by atoms with Crippen molar-refractivity contribution in [3.63, 3.8) is 0 Å². The highest BCUT2D eigenvalue weighted by Crippen LogP contribution is 2.28. The maximum absolute atomic E-state index is 14.5. The summed E-state index contributed by atoms with van der Waals surface area (Å²) in [5.74, 6) is -0.112. The topological polar surface area (TPSA) is 12.0 Å². The van der Waals surface area contributed by atoms with Gasteiger partial charge >= 0.3 is 0 Å². The number of hydrogen-bond acceptors (Lipinski definition) is 1. The molecule has 1 nitrogen and oxygen atoms in total. The average molecular weight is 271 g/mol. The molecule has 106 valence electrons. The number of rotatable bonds is 4. The fourth-order valence-corrected chi connectivity index (χ4v) is 2.56. The van der Waals surface area contributed by atoms with Crippen molar-refractivity contribution in [2.75, 3.05) is 6.54 Å². The van der Waals surface area contributed by atoms with Gasteiger partial charge in [0.05, 0.1) is 6.04 Å². The highest BCUT2D eigenvalue weighted by atomic mass is 19.1. The summed E-state index contributed by atoms with van der Waals surface area (Å²) in [6, 6.07) is 11.8. The largest absolute Gasteiger partial charge is 0.306 e.